The number of rotatable bonds is 38. The van der Waals surface area contributed by atoms with Crippen molar-refractivity contribution in [3.8, 4) is 0 Å². The topological polar surface area (TPSA) is 276 Å². The minimum Gasteiger partial charge on any atom is -0.462 e. The second kappa shape index (κ2) is 39.9. The number of carbonyl (C=O) groups is 2. The molecular weight excluding hydrogens is 946 g/mol. The van der Waals surface area contributed by atoms with Crippen LogP contribution in [0.2, 0.25) is 0 Å². The molecule has 1 saturated carbocycles. The molecule has 0 aromatic heterocycles. The fourth-order valence-electron chi connectivity index (χ4n) is 6.36. The SMILES string of the molecule is CC/C=C\C/C=C\C/C=C\C/C=C\C=C/C(O)C/C=C\CCC(=O)OC[C@H](COP(=O)(O)O[C@H]1C(O)C(O)C(O)[C@@H](OP(=O)(O)O)C1O)OC(=O)CCC/C=C\C/C=C\C/C=C\C/C=C\CCCCC. The van der Waals surface area contributed by atoms with E-state index >= 15 is 0 Å². The third-order valence-electron chi connectivity index (χ3n) is 10.1. The van der Waals surface area contributed by atoms with Crippen molar-refractivity contribution in [2.75, 3.05) is 13.2 Å². The van der Waals surface area contributed by atoms with Gasteiger partial charge in [0.25, 0.3) is 0 Å². The zero-order valence-corrected chi connectivity index (χ0v) is 42.5. The summed E-state index contributed by atoms with van der Waals surface area (Å²) in [6.45, 7) is 2.76. The van der Waals surface area contributed by atoms with Gasteiger partial charge in [-0.3, -0.25) is 23.2 Å². The van der Waals surface area contributed by atoms with Crippen molar-refractivity contribution in [2.24, 2.45) is 0 Å². The molecule has 8 N–H and O–H groups in total. The Bertz CT molecular complexity index is 1830. The second-order valence-electron chi connectivity index (χ2n) is 16.3. The summed E-state index contributed by atoms with van der Waals surface area (Å²) in [5.74, 6) is -1.47. The standard InChI is InChI=1S/C51H80O17P2/c1-3-5-7-9-11-13-15-17-18-19-20-22-24-26-28-30-34-39-45(54)66-43(41-65-70(62,63)68-51-48(57)46(55)47(56)50(49(51)58)67-69(59,60)61)40-64-44(53)38-35-31-33-37-42(52)36-32-29-27-25-23-21-16-14-12-10-8-6-4-2/h6,8,11-14,17-18,20-23,26-29,31-33,36,42-43,46-52,55-58H,3-5,7,9-10,15-16,19,24-25,30,34-35,37-41H2,1-2H3,(H,62,63)(H2,59,60,61)/b8-6-,13-11-,14-12-,18-17-,22-20-,23-21-,28-26-,29-27-,33-31-,36-32-/t42?,43-,46?,47?,48?,49?,50-,51+/m1/s1. The molecule has 0 amide bonds. The first kappa shape index (κ1) is 64.4. The number of aliphatic hydroxyl groups is 5. The van der Waals surface area contributed by atoms with Crippen LogP contribution in [-0.4, -0.2) is 114 Å². The fourth-order valence-corrected chi connectivity index (χ4v) is 7.90. The van der Waals surface area contributed by atoms with Crippen molar-refractivity contribution in [1.82, 2.24) is 0 Å². The van der Waals surface area contributed by atoms with Crippen LogP contribution in [0.15, 0.2) is 122 Å². The lowest BCUT2D eigenvalue weighted by atomic mass is 9.85. The highest BCUT2D eigenvalue weighted by Crippen LogP contribution is 2.49. The van der Waals surface area contributed by atoms with E-state index in [1.165, 1.54) is 19.3 Å². The van der Waals surface area contributed by atoms with E-state index in [9.17, 15) is 58.9 Å². The predicted octanol–water partition coefficient (Wildman–Crippen LogP) is 8.47. The Morgan fingerprint density at radius 3 is 1.61 bits per heavy atom. The first-order chi connectivity index (χ1) is 33.5. The molecule has 1 fully saturated rings. The van der Waals surface area contributed by atoms with Gasteiger partial charge in [-0.1, -0.05) is 148 Å². The van der Waals surface area contributed by atoms with E-state index in [4.69, 9.17) is 18.5 Å². The summed E-state index contributed by atoms with van der Waals surface area (Å²) in [5.41, 5.74) is 0. The largest absolute Gasteiger partial charge is 0.472 e. The molecule has 0 aromatic rings. The summed E-state index contributed by atoms with van der Waals surface area (Å²) in [6, 6.07) is 0. The van der Waals surface area contributed by atoms with E-state index in [1.54, 1.807) is 24.3 Å². The van der Waals surface area contributed by atoms with Crippen LogP contribution in [0.5, 0.6) is 0 Å². The summed E-state index contributed by atoms with van der Waals surface area (Å²) in [6.07, 6.45) is 36.1. The van der Waals surface area contributed by atoms with Gasteiger partial charge in [-0.2, -0.15) is 0 Å². The molecule has 396 valence electrons. The lowest BCUT2D eigenvalue weighted by Gasteiger charge is -2.43. The molecule has 0 spiro atoms. The first-order valence-electron chi connectivity index (χ1n) is 24.2. The highest BCUT2D eigenvalue weighted by atomic mass is 31.2. The van der Waals surface area contributed by atoms with Crippen molar-refractivity contribution >= 4 is 27.6 Å². The number of phosphoric ester groups is 2. The zero-order valence-electron chi connectivity index (χ0n) is 40.7. The molecule has 1 rings (SSSR count). The normalized spacial score (nSPS) is 22.5. The van der Waals surface area contributed by atoms with Gasteiger partial charge in [0, 0.05) is 12.8 Å². The van der Waals surface area contributed by atoms with Gasteiger partial charge in [0.2, 0.25) is 0 Å². The Balaban J connectivity index is 2.72. The van der Waals surface area contributed by atoms with Gasteiger partial charge in [-0.15, -0.1) is 0 Å². The average molecular weight is 1030 g/mol. The maximum absolute atomic E-state index is 13.0. The number of hydrogen-bond acceptors (Lipinski definition) is 14. The lowest BCUT2D eigenvalue weighted by Crippen LogP contribution is -2.64. The van der Waals surface area contributed by atoms with Gasteiger partial charge in [0.05, 0.1) is 12.7 Å². The Hall–Kier alpha value is -3.64. The molecule has 0 bridgehead atoms. The molecule has 0 aliphatic heterocycles. The second-order valence-corrected chi connectivity index (χ2v) is 18.9. The summed E-state index contributed by atoms with van der Waals surface area (Å²) in [5, 5.41) is 51.5. The van der Waals surface area contributed by atoms with E-state index in [1.807, 2.05) is 30.4 Å². The Morgan fingerprint density at radius 1 is 0.543 bits per heavy atom. The molecule has 0 aromatic carbocycles. The number of allylic oxidation sites excluding steroid dienone is 18. The van der Waals surface area contributed by atoms with Gasteiger partial charge in [0.1, 0.15) is 43.2 Å². The highest BCUT2D eigenvalue weighted by molar-refractivity contribution is 7.47. The Labute approximate surface area is 414 Å². The average Bonchev–Trinajstić information content (AvgIpc) is 3.31. The molecule has 0 saturated heterocycles. The number of phosphoric acid groups is 2. The van der Waals surface area contributed by atoms with Gasteiger partial charge in [-0.05, 0) is 83.5 Å². The predicted molar refractivity (Wildman–Crippen MR) is 270 cm³/mol. The smallest absolute Gasteiger partial charge is 0.462 e. The summed E-state index contributed by atoms with van der Waals surface area (Å²) < 4.78 is 49.2. The van der Waals surface area contributed by atoms with E-state index < -0.39 is 89.6 Å². The van der Waals surface area contributed by atoms with Gasteiger partial charge in [-0.25, -0.2) is 9.13 Å². The Morgan fingerprint density at radius 2 is 1.06 bits per heavy atom. The van der Waals surface area contributed by atoms with E-state index in [-0.39, 0.29) is 19.3 Å². The van der Waals surface area contributed by atoms with Crippen LogP contribution in [0.25, 0.3) is 0 Å². The highest BCUT2D eigenvalue weighted by Gasteiger charge is 2.54. The zero-order chi connectivity index (χ0) is 51.9. The van der Waals surface area contributed by atoms with Gasteiger partial charge >= 0.3 is 27.6 Å². The van der Waals surface area contributed by atoms with Crippen molar-refractivity contribution in [3.05, 3.63) is 122 Å². The number of esters is 2. The van der Waals surface area contributed by atoms with E-state index in [0.717, 1.165) is 44.9 Å². The van der Waals surface area contributed by atoms with Gasteiger partial charge in [0.15, 0.2) is 6.10 Å². The van der Waals surface area contributed by atoms with Crippen molar-refractivity contribution in [1.29, 1.82) is 0 Å². The van der Waals surface area contributed by atoms with E-state index in [2.05, 4.69) is 85.2 Å². The van der Waals surface area contributed by atoms with Gasteiger partial charge < -0.3 is 49.7 Å². The van der Waals surface area contributed by atoms with Crippen LogP contribution in [0.3, 0.4) is 0 Å². The van der Waals surface area contributed by atoms with Crippen molar-refractivity contribution in [2.45, 2.75) is 172 Å². The van der Waals surface area contributed by atoms with Crippen LogP contribution in [-0.2, 0) is 41.8 Å². The lowest BCUT2D eigenvalue weighted by molar-refractivity contribution is -0.216. The molecular formula is C51H80O17P2. The monoisotopic (exact) mass is 1030 g/mol. The van der Waals surface area contributed by atoms with Crippen LogP contribution in [0.1, 0.15) is 123 Å². The number of aliphatic hydroxyl groups excluding tert-OH is 5. The number of ether oxygens (including phenoxy) is 2. The van der Waals surface area contributed by atoms with Crippen LogP contribution in [0.4, 0.5) is 0 Å². The molecule has 17 nitrogen and oxygen atoms in total. The van der Waals surface area contributed by atoms with E-state index in [0.29, 0.717) is 25.7 Å². The number of carbonyl (C=O) groups excluding carboxylic acids is 2. The molecule has 70 heavy (non-hydrogen) atoms. The Kier molecular flexibility index (Phi) is 36.7. The van der Waals surface area contributed by atoms with Crippen LogP contribution < -0.4 is 0 Å². The molecule has 1 aliphatic rings. The third-order valence-corrected chi connectivity index (χ3v) is 11.6. The fraction of sp³-hybridized carbons (Fsp3) is 0.569. The number of unbranched alkanes of at least 4 members (excludes halogenated alkanes) is 4. The summed E-state index contributed by atoms with van der Waals surface area (Å²) >= 11 is 0. The molecule has 0 heterocycles. The van der Waals surface area contributed by atoms with Crippen molar-refractivity contribution < 1.29 is 82.0 Å². The summed E-state index contributed by atoms with van der Waals surface area (Å²) in [7, 11) is -10.8. The molecule has 0 radical (unpaired) electrons. The molecule has 19 heteroatoms. The third kappa shape index (κ3) is 33.9. The molecule has 9 atom stereocenters. The van der Waals surface area contributed by atoms with Crippen molar-refractivity contribution in [3.63, 3.8) is 0 Å². The number of hydrogen-bond donors (Lipinski definition) is 8. The molecule has 1 aliphatic carbocycles. The maximum Gasteiger partial charge on any atom is 0.472 e. The molecule has 6 unspecified atom stereocenters. The first-order valence-corrected chi connectivity index (χ1v) is 27.2. The minimum atomic E-state index is -5.40. The van der Waals surface area contributed by atoms with Crippen LogP contribution >= 0.6 is 15.6 Å². The summed E-state index contributed by atoms with van der Waals surface area (Å²) in [4.78, 5) is 54.3. The maximum atomic E-state index is 13.0. The van der Waals surface area contributed by atoms with Crippen LogP contribution in [0, 0.1) is 0 Å². The quantitative estimate of drug-likeness (QED) is 0.00946. The minimum absolute atomic E-state index is 0.0767.